The molecule has 0 N–H and O–H groups in total. The number of thioether (sulfide) groups is 2. The first kappa shape index (κ1) is 21.4. The van der Waals surface area contributed by atoms with E-state index in [0.717, 1.165) is 43.0 Å². The third-order valence-corrected chi connectivity index (χ3v) is 7.58. The molecule has 158 valence electrons. The Morgan fingerprint density at radius 1 is 1.27 bits per heavy atom. The van der Waals surface area contributed by atoms with Crippen molar-refractivity contribution in [3.05, 3.63) is 44.7 Å². The predicted octanol–water partition coefficient (Wildman–Crippen LogP) is 3.56. The van der Waals surface area contributed by atoms with Crippen molar-refractivity contribution in [1.82, 2.24) is 14.3 Å². The largest absolute Gasteiger partial charge is 0.354 e. The standard InChI is InChI=1S/C21H24N4O2S3/c1-3-4-7-25-20(27)16(30-21(25)28)13-15-18(23-9-11-29-12-10-23)22-17-14(2)6-5-8-24(17)19(15)26/h5-6,8,13H,3-4,7,9-12H2,1-2H3/b16-13-. The number of aromatic nitrogens is 2. The van der Waals surface area contributed by atoms with Crippen LogP contribution in [-0.2, 0) is 4.79 Å². The number of hydrogen-bond donors (Lipinski definition) is 0. The molecule has 4 rings (SSSR count). The summed E-state index contributed by atoms with van der Waals surface area (Å²) in [6.07, 6.45) is 5.32. The number of carbonyl (C=O) groups excluding carboxylic acids is 1. The van der Waals surface area contributed by atoms with Crippen molar-refractivity contribution >= 4 is 63.5 Å². The summed E-state index contributed by atoms with van der Waals surface area (Å²) < 4.78 is 2.13. The second kappa shape index (κ2) is 9.11. The van der Waals surface area contributed by atoms with Crippen molar-refractivity contribution in [2.45, 2.75) is 26.7 Å². The minimum absolute atomic E-state index is 0.118. The highest BCUT2D eigenvalue weighted by Crippen LogP contribution is 2.34. The Balaban J connectivity index is 1.84. The molecule has 0 saturated carbocycles. The molecule has 1 amide bonds. The van der Waals surface area contributed by atoms with Gasteiger partial charge in [-0.3, -0.25) is 18.9 Å². The average molecular weight is 461 g/mol. The maximum absolute atomic E-state index is 13.5. The van der Waals surface area contributed by atoms with Gasteiger partial charge in [-0.2, -0.15) is 11.8 Å². The van der Waals surface area contributed by atoms with Gasteiger partial charge < -0.3 is 4.90 Å². The van der Waals surface area contributed by atoms with Crippen LogP contribution in [-0.4, -0.2) is 55.7 Å². The van der Waals surface area contributed by atoms with E-state index in [4.69, 9.17) is 17.2 Å². The van der Waals surface area contributed by atoms with Crippen molar-refractivity contribution in [3.8, 4) is 0 Å². The number of nitrogens with zero attached hydrogens (tertiary/aromatic N) is 4. The number of rotatable bonds is 5. The number of amides is 1. The van der Waals surface area contributed by atoms with Crippen LogP contribution in [0.15, 0.2) is 28.0 Å². The van der Waals surface area contributed by atoms with Gasteiger partial charge in [0.2, 0.25) is 0 Å². The molecule has 0 aromatic carbocycles. The number of hydrogen-bond acceptors (Lipinski definition) is 7. The van der Waals surface area contributed by atoms with Crippen LogP contribution in [0.5, 0.6) is 0 Å². The van der Waals surface area contributed by atoms with Crippen LogP contribution in [0, 0.1) is 6.92 Å². The van der Waals surface area contributed by atoms with Gasteiger partial charge in [-0.15, -0.1) is 0 Å². The fourth-order valence-corrected chi connectivity index (χ4v) is 5.78. The van der Waals surface area contributed by atoms with E-state index in [0.29, 0.717) is 32.8 Å². The van der Waals surface area contributed by atoms with E-state index in [-0.39, 0.29) is 11.5 Å². The molecule has 2 saturated heterocycles. The van der Waals surface area contributed by atoms with Gasteiger partial charge in [-0.05, 0) is 31.1 Å². The first-order valence-electron chi connectivity index (χ1n) is 10.1. The molecule has 0 unspecified atom stereocenters. The minimum Gasteiger partial charge on any atom is -0.354 e. The van der Waals surface area contributed by atoms with Gasteiger partial charge in [0.05, 0.1) is 10.5 Å². The summed E-state index contributed by atoms with van der Waals surface area (Å²) in [4.78, 5) is 35.6. The number of carbonyl (C=O) groups is 1. The molecule has 0 atom stereocenters. The number of fused-ring (bicyclic) bond motifs is 1. The molecule has 0 bridgehead atoms. The Hall–Kier alpha value is -1.84. The van der Waals surface area contributed by atoms with Crippen LogP contribution in [0.3, 0.4) is 0 Å². The summed E-state index contributed by atoms with van der Waals surface area (Å²) in [7, 11) is 0. The highest BCUT2D eigenvalue weighted by molar-refractivity contribution is 8.26. The average Bonchev–Trinajstić information content (AvgIpc) is 3.02. The Labute approximate surface area is 189 Å². The van der Waals surface area contributed by atoms with Crippen molar-refractivity contribution in [1.29, 1.82) is 0 Å². The quantitative estimate of drug-likeness (QED) is 0.499. The van der Waals surface area contributed by atoms with Gasteiger partial charge in [0, 0.05) is 37.3 Å². The third-order valence-electron chi connectivity index (χ3n) is 5.26. The van der Waals surface area contributed by atoms with E-state index in [1.807, 2.05) is 30.8 Å². The van der Waals surface area contributed by atoms with Crippen molar-refractivity contribution in [3.63, 3.8) is 0 Å². The maximum Gasteiger partial charge on any atom is 0.267 e. The molecule has 2 aromatic heterocycles. The lowest BCUT2D eigenvalue weighted by Gasteiger charge is -2.28. The second-order valence-electron chi connectivity index (χ2n) is 7.33. The molecule has 0 radical (unpaired) electrons. The maximum atomic E-state index is 13.5. The van der Waals surface area contributed by atoms with Gasteiger partial charge in [0.25, 0.3) is 11.5 Å². The molecule has 2 aromatic rings. The molecule has 2 fully saturated rings. The third kappa shape index (κ3) is 4.02. The van der Waals surface area contributed by atoms with E-state index in [9.17, 15) is 9.59 Å². The van der Waals surface area contributed by atoms with E-state index in [2.05, 4.69) is 11.8 Å². The smallest absolute Gasteiger partial charge is 0.267 e. The Bertz CT molecular complexity index is 1090. The van der Waals surface area contributed by atoms with E-state index in [1.54, 1.807) is 21.6 Å². The van der Waals surface area contributed by atoms with Gasteiger partial charge >= 0.3 is 0 Å². The highest BCUT2D eigenvalue weighted by atomic mass is 32.2. The molecule has 4 heterocycles. The molecular weight excluding hydrogens is 436 g/mol. The van der Waals surface area contributed by atoms with E-state index < -0.39 is 0 Å². The van der Waals surface area contributed by atoms with Crippen LogP contribution >= 0.6 is 35.7 Å². The number of unbranched alkanes of at least 4 members (excludes halogenated alkanes) is 1. The highest BCUT2D eigenvalue weighted by Gasteiger charge is 2.32. The Morgan fingerprint density at radius 2 is 2.03 bits per heavy atom. The predicted molar refractivity (Wildman–Crippen MR) is 131 cm³/mol. The number of aryl methyl sites for hydroxylation is 1. The van der Waals surface area contributed by atoms with Crippen molar-refractivity contribution in [2.24, 2.45) is 0 Å². The Morgan fingerprint density at radius 3 is 2.77 bits per heavy atom. The first-order chi connectivity index (χ1) is 14.5. The summed E-state index contributed by atoms with van der Waals surface area (Å²) in [6.45, 7) is 6.31. The summed E-state index contributed by atoms with van der Waals surface area (Å²) in [6, 6.07) is 3.80. The zero-order valence-corrected chi connectivity index (χ0v) is 19.5. The molecule has 0 spiro atoms. The van der Waals surface area contributed by atoms with E-state index >= 15 is 0 Å². The van der Waals surface area contributed by atoms with Gasteiger partial charge in [0.1, 0.15) is 15.8 Å². The zero-order valence-electron chi connectivity index (χ0n) is 17.1. The van der Waals surface area contributed by atoms with Gasteiger partial charge in [-0.25, -0.2) is 4.98 Å². The fraction of sp³-hybridized carbons (Fsp3) is 0.429. The minimum atomic E-state index is -0.157. The molecule has 2 aliphatic rings. The lowest BCUT2D eigenvalue weighted by molar-refractivity contribution is -0.122. The van der Waals surface area contributed by atoms with Crippen LogP contribution in [0.2, 0.25) is 0 Å². The lowest BCUT2D eigenvalue weighted by atomic mass is 10.2. The van der Waals surface area contributed by atoms with Gasteiger partial charge in [-0.1, -0.05) is 43.4 Å². The zero-order chi connectivity index (χ0) is 21.3. The molecular formula is C21H24N4O2S3. The number of pyridine rings is 1. The molecule has 9 heteroatoms. The molecule has 2 aliphatic heterocycles. The summed E-state index contributed by atoms with van der Waals surface area (Å²) in [5.41, 5.74) is 1.90. The topological polar surface area (TPSA) is 57.9 Å². The summed E-state index contributed by atoms with van der Waals surface area (Å²) in [5.74, 6) is 2.53. The van der Waals surface area contributed by atoms with Crippen molar-refractivity contribution < 1.29 is 4.79 Å². The SMILES string of the molecule is CCCCN1C(=O)/C(=C/c2c(N3CCSCC3)nc3c(C)cccn3c2=O)SC1=S. The second-order valence-corrected chi connectivity index (χ2v) is 10.2. The van der Waals surface area contributed by atoms with Gasteiger partial charge in [0.15, 0.2) is 0 Å². The monoisotopic (exact) mass is 460 g/mol. The van der Waals surface area contributed by atoms with E-state index in [1.165, 1.54) is 11.8 Å². The fourth-order valence-electron chi connectivity index (χ4n) is 3.58. The normalized spacial score (nSPS) is 18.8. The molecule has 30 heavy (non-hydrogen) atoms. The van der Waals surface area contributed by atoms with Crippen LogP contribution in [0.1, 0.15) is 30.9 Å². The van der Waals surface area contributed by atoms with Crippen LogP contribution < -0.4 is 10.5 Å². The van der Waals surface area contributed by atoms with Crippen LogP contribution in [0.25, 0.3) is 11.7 Å². The molecule has 6 nitrogen and oxygen atoms in total. The number of anilines is 1. The number of thiocarbonyl (C=S) groups is 1. The summed E-state index contributed by atoms with van der Waals surface area (Å²) >= 11 is 8.60. The summed E-state index contributed by atoms with van der Waals surface area (Å²) in [5, 5.41) is 0. The van der Waals surface area contributed by atoms with Crippen LogP contribution in [0.4, 0.5) is 5.82 Å². The lowest BCUT2D eigenvalue weighted by Crippen LogP contribution is -2.36. The molecule has 0 aliphatic carbocycles. The van der Waals surface area contributed by atoms with Crippen molar-refractivity contribution in [2.75, 3.05) is 36.0 Å². The Kier molecular flexibility index (Phi) is 6.50. The first-order valence-corrected chi connectivity index (χ1v) is 12.5.